The van der Waals surface area contributed by atoms with E-state index in [1.54, 1.807) is 18.0 Å². The zero-order chi connectivity index (χ0) is 15.1. The summed E-state index contributed by atoms with van der Waals surface area (Å²) in [6.07, 6.45) is 2.50. The van der Waals surface area contributed by atoms with Gasteiger partial charge < -0.3 is 5.32 Å². The summed E-state index contributed by atoms with van der Waals surface area (Å²) in [5.41, 5.74) is 2.22. The lowest BCUT2D eigenvalue weighted by Crippen LogP contribution is -2.25. The van der Waals surface area contributed by atoms with E-state index in [-0.39, 0.29) is 11.2 Å². The molecule has 2 aromatic rings. The van der Waals surface area contributed by atoms with Gasteiger partial charge in [0.05, 0.1) is 5.25 Å². The molecule has 1 heterocycles. The van der Waals surface area contributed by atoms with Gasteiger partial charge in [-0.1, -0.05) is 43.3 Å². The molecule has 1 amide bonds. The minimum atomic E-state index is -0.0633. The van der Waals surface area contributed by atoms with Gasteiger partial charge in [-0.15, -0.1) is 11.8 Å². The number of hydrogen-bond donors (Lipinski definition) is 1. The van der Waals surface area contributed by atoms with Crippen molar-refractivity contribution in [3.8, 4) is 0 Å². The second kappa shape index (κ2) is 7.84. The standard InChI is InChI=1S/C17H20N2OS/c1-3-15(21-12-14-9-5-4-6-10-14)17(20)19-16-13(2)8-7-11-18-16/h4-11,15H,3,12H2,1-2H3,(H,18,19,20). The number of nitrogens with zero attached hydrogens (tertiary/aromatic N) is 1. The summed E-state index contributed by atoms with van der Waals surface area (Å²) in [5, 5.41) is 2.86. The first kappa shape index (κ1) is 15.6. The lowest BCUT2D eigenvalue weighted by Gasteiger charge is -2.15. The van der Waals surface area contributed by atoms with Crippen LogP contribution in [-0.4, -0.2) is 16.1 Å². The molecule has 1 unspecified atom stereocenters. The van der Waals surface area contributed by atoms with Crippen LogP contribution < -0.4 is 5.32 Å². The average molecular weight is 300 g/mol. The first-order valence-corrected chi connectivity index (χ1v) is 8.13. The third kappa shape index (κ3) is 4.60. The Hall–Kier alpha value is -1.81. The Morgan fingerprint density at radius 2 is 2.00 bits per heavy atom. The van der Waals surface area contributed by atoms with Crippen molar-refractivity contribution in [2.24, 2.45) is 0 Å². The molecule has 1 atom stereocenters. The molecule has 0 spiro atoms. The van der Waals surface area contributed by atoms with Crippen LogP contribution in [-0.2, 0) is 10.5 Å². The van der Waals surface area contributed by atoms with Crippen LogP contribution in [0.15, 0.2) is 48.7 Å². The number of benzene rings is 1. The molecule has 1 N–H and O–H groups in total. The van der Waals surface area contributed by atoms with E-state index in [0.29, 0.717) is 5.82 Å². The quantitative estimate of drug-likeness (QED) is 0.875. The van der Waals surface area contributed by atoms with Gasteiger partial charge in [0.1, 0.15) is 5.82 Å². The summed E-state index contributed by atoms with van der Waals surface area (Å²) in [6.45, 7) is 3.98. The average Bonchev–Trinajstić information content (AvgIpc) is 2.51. The molecule has 3 nitrogen and oxygen atoms in total. The van der Waals surface area contributed by atoms with E-state index in [1.165, 1.54) is 5.56 Å². The number of nitrogens with one attached hydrogen (secondary N) is 1. The van der Waals surface area contributed by atoms with Gasteiger partial charge in [0.2, 0.25) is 5.91 Å². The molecule has 2 rings (SSSR count). The fourth-order valence-corrected chi connectivity index (χ4v) is 3.00. The molecule has 0 bridgehead atoms. The first-order valence-electron chi connectivity index (χ1n) is 7.08. The minimum Gasteiger partial charge on any atom is -0.310 e. The van der Waals surface area contributed by atoms with Crippen LogP contribution in [0.4, 0.5) is 5.82 Å². The molecule has 110 valence electrons. The summed E-state index contributed by atoms with van der Waals surface area (Å²) < 4.78 is 0. The minimum absolute atomic E-state index is 0.0280. The number of hydrogen-bond acceptors (Lipinski definition) is 3. The second-order valence-corrected chi connectivity index (χ2v) is 6.04. The number of thioether (sulfide) groups is 1. The summed E-state index contributed by atoms with van der Waals surface area (Å²) in [5.74, 6) is 1.52. The van der Waals surface area contributed by atoms with E-state index >= 15 is 0 Å². The van der Waals surface area contributed by atoms with Gasteiger partial charge in [0.15, 0.2) is 0 Å². The zero-order valence-corrected chi connectivity index (χ0v) is 13.2. The molecule has 0 saturated carbocycles. The van der Waals surface area contributed by atoms with E-state index in [2.05, 4.69) is 22.4 Å². The van der Waals surface area contributed by atoms with Crippen molar-refractivity contribution in [1.29, 1.82) is 0 Å². The number of carbonyl (C=O) groups is 1. The Kier molecular flexibility index (Phi) is 5.81. The predicted octanol–water partition coefficient (Wildman–Crippen LogP) is 4.04. The lowest BCUT2D eigenvalue weighted by atomic mass is 10.2. The molecular formula is C17H20N2OS. The first-order chi connectivity index (χ1) is 10.2. The number of anilines is 1. The Balaban J connectivity index is 1.94. The van der Waals surface area contributed by atoms with Crippen LogP contribution in [0, 0.1) is 6.92 Å². The number of rotatable bonds is 6. The van der Waals surface area contributed by atoms with Crippen LogP contribution in [0.25, 0.3) is 0 Å². The van der Waals surface area contributed by atoms with Gasteiger partial charge in [0, 0.05) is 11.9 Å². The van der Waals surface area contributed by atoms with Crippen molar-refractivity contribution in [2.45, 2.75) is 31.3 Å². The highest BCUT2D eigenvalue weighted by Gasteiger charge is 2.18. The largest absolute Gasteiger partial charge is 0.310 e. The Morgan fingerprint density at radius 3 is 2.67 bits per heavy atom. The monoisotopic (exact) mass is 300 g/mol. The maximum Gasteiger partial charge on any atom is 0.238 e. The smallest absolute Gasteiger partial charge is 0.238 e. The Labute approximate surface area is 130 Å². The van der Waals surface area contributed by atoms with E-state index in [4.69, 9.17) is 0 Å². The van der Waals surface area contributed by atoms with Crippen molar-refractivity contribution in [2.75, 3.05) is 5.32 Å². The molecule has 0 radical (unpaired) electrons. The second-order valence-electron chi connectivity index (χ2n) is 4.85. The molecule has 1 aromatic carbocycles. The van der Waals surface area contributed by atoms with E-state index in [0.717, 1.165) is 17.7 Å². The summed E-state index contributed by atoms with van der Waals surface area (Å²) >= 11 is 1.67. The topological polar surface area (TPSA) is 42.0 Å². The molecule has 0 aliphatic carbocycles. The predicted molar refractivity (Wildman–Crippen MR) is 89.4 cm³/mol. The Morgan fingerprint density at radius 1 is 1.24 bits per heavy atom. The zero-order valence-electron chi connectivity index (χ0n) is 12.4. The number of amides is 1. The van der Waals surface area contributed by atoms with Crippen molar-refractivity contribution < 1.29 is 4.79 Å². The molecule has 0 saturated heterocycles. The van der Waals surface area contributed by atoms with Crippen molar-refractivity contribution >= 4 is 23.5 Å². The highest BCUT2D eigenvalue weighted by Crippen LogP contribution is 2.22. The van der Waals surface area contributed by atoms with Crippen LogP contribution in [0.2, 0.25) is 0 Å². The lowest BCUT2D eigenvalue weighted by molar-refractivity contribution is -0.115. The normalized spacial score (nSPS) is 11.9. The van der Waals surface area contributed by atoms with Crippen LogP contribution in [0.5, 0.6) is 0 Å². The summed E-state index contributed by atoms with van der Waals surface area (Å²) in [6, 6.07) is 14.0. The van der Waals surface area contributed by atoms with Crippen molar-refractivity contribution in [3.05, 3.63) is 59.8 Å². The number of aromatic nitrogens is 1. The van der Waals surface area contributed by atoms with Crippen LogP contribution in [0.3, 0.4) is 0 Å². The SMILES string of the molecule is CCC(SCc1ccccc1)C(=O)Nc1ncccc1C. The van der Waals surface area contributed by atoms with Crippen molar-refractivity contribution in [1.82, 2.24) is 4.98 Å². The maximum absolute atomic E-state index is 12.3. The van der Waals surface area contributed by atoms with Gasteiger partial charge in [-0.2, -0.15) is 0 Å². The van der Waals surface area contributed by atoms with E-state index < -0.39 is 0 Å². The highest BCUT2D eigenvalue weighted by molar-refractivity contribution is 7.99. The van der Waals surface area contributed by atoms with Crippen LogP contribution in [0.1, 0.15) is 24.5 Å². The summed E-state index contributed by atoms with van der Waals surface area (Å²) in [4.78, 5) is 16.6. The molecule has 1 aromatic heterocycles. The van der Waals surface area contributed by atoms with Gasteiger partial charge in [-0.05, 0) is 30.5 Å². The third-order valence-electron chi connectivity index (χ3n) is 3.21. The molecule has 0 aliphatic heterocycles. The molecule has 4 heteroatoms. The number of pyridine rings is 1. The maximum atomic E-state index is 12.3. The molecule has 0 aliphatic rings. The van der Waals surface area contributed by atoms with Gasteiger partial charge >= 0.3 is 0 Å². The highest BCUT2D eigenvalue weighted by atomic mass is 32.2. The van der Waals surface area contributed by atoms with Gasteiger partial charge in [-0.3, -0.25) is 4.79 Å². The molecule has 21 heavy (non-hydrogen) atoms. The Bertz CT molecular complexity index is 586. The molecular weight excluding hydrogens is 280 g/mol. The molecule has 0 fully saturated rings. The summed E-state index contributed by atoms with van der Waals surface area (Å²) in [7, 11) is 0. The fraction of sp³-hybridized carbons (Fsp3) is 0.294. The number of carbonyl (C=O) groups excluding carboxylic acids is 1. The number of aryl methyl sites for hydroxylation is 1. The van der Waals surface area contributed by atoms with E-state index in [9.17, 15) is 4.79 Å². The van der Waals surface area contributed by atoms with Crippen molar-refractivity contribution in [3.63, 3.8) is 0 Å². The van der Waals surface area contributed by atoms with Gasteiger partial charge in [0.25, 0.3) is 0 Å². The van der Waals surface area contributed by atoms with Crippen LogP contribution >= 0.6 is 11.8 Å². The van der Waals surface area contributed by atoms with Gasteiger partial charge in [-0.25, -0.2) is 4.98 Å². The third-order valence-corrected chi connectivity index (χ3v) is 4.66. The van der Waals surface area contributed by atoms with E-state index in [1.807, 2.05) is 44.2 Å². The fourth-order valence-electron chi connectivity index (χ4n) is 1.96.